The quantitative estimate of drug-likeness (QED) is 0.692. The second kappa shape index (κ2) is 5.64. The zero-order valence-corrected chi connectivity index (χ0v) is 10.0. The molecule has 0 fully saturated rings. The summed E-state index contributed by atoms with van der Waals surface area (Å²) in [7, 11) is 0. The third-order valence-electron chi connectivity index (χ3n) is 2.67. The highest BCUT2D eigenvalue weighted by Gasteiger charge is 2.21. The molecule has 0 aromatic carbocycles. The fraction of sp³-hybridized carbons (Fsp3) is 0.833. The van der Waals surface area contributed by atoms with Crippen molar-refractivity contribution in [1.29, 1.82) is 0 Å². The molecule has 1 heterocycles. The Morgan fingerprint density at radius 2 is 2.27 bits per heavy atom. The lowest BCUT2D eigenvalue weighted by molar-refractivity contribution is 0.0632. The van der Waals surface area contributed by atoms with E-state index in [9.17, 15) is 5.11 Å². The van der Waals surface area contributed by atoms with Crippen LogP contribution in [0, 0.1) is 5.41 Å². The SMILES string of the molecule is CC(C)(C)C(O)CNCC1=CCCOC1. The van der Waals surface area contributed by atoms with Gasteiger partial charge in [0.1, 0.15) is 0 Å². The van der Waals surface area contributed by atoms with Crippen molar-refractivity contribution in [3.05, 3.63) is 11.6 Å². The molecule has 0 saturated heterocycles. The number of aliphatic hydroxyl groups excluding tert-OH is 1. The van der Waals surface area contributed by atoms with E-state index in [2.05, 4.69) is 11.4 Å². The largest absolute Gasteiger partial charge is 0.391 e. The molecule has 1 aliphatic heterocycles. The van der Waals surface area contributed by atoms with Gasteiger partial charge in [-0.15, -0.1) is 0 Å². The summed E-state index contributed by atoms with van der Waals surface area (Å²) in [4.78, 5) is 0. The maximum atomic E-state index is 9.80. The molecule has 88 valence electrons. The van der Waals surface area contributed by atoms with Crippen LogP contribution >= 0.6 is 0 Å². The van der Waals surface area contributed by atoms with E-state index < -0.39 is 0 Å². The Kier molecular flexibility index (Phi) is 4.77. The average molecular weight is 213 g/mol. The first-order valence-electron chi connectivity index (χ1n) is 5.64. The summed E-state index contributed by atoms with van der Waals surface area (Å²) in [6.07, 6.45) is 2.93. The van der Waals surface area contributed by atoms with Crippen LogP contribution in [0.2, 0.25) is 0 Å². The van der Waals surface area contributed by atoms with Crippen molar-refractivity contribution in [3.63, 3.8) is 0 Å². The summed E-state index contributed by atoms with van der Waals surface area (Å²) in [6.45, 7) is 9.17. The van der Waals surface area contributed by atoms with E-state index >= 15 is 0 Å². The molecule has 3 nitrogen and oxygen atoms in total. The molecule has 3 heteroatoms. The molecule has 1 aliphatic rings. The Hall–Kier alpha value is -0.380. The summed E-state index contributed by atoms with van der Waals surface area (Å²) in [6, 6.07) is 0. The maximum absolute atomic E-state index is 9.80. The number of ether oxygens (including phenoxy) is 1. The van der Waals surface area contributed by atoms with Crippen LogP contribution in [0.4, 0.5) is 0 Å². The van der Waals surface area contributed by atoms with Gasteiger partial charge < -0.3 is 15.2 Å². The third-order valence-corrected chi connectivity index (χ3v) is 2.67. The lowest BCUT2D eigenvalue weighted by Crippen LogP contribution is -2.37. The molecule has 0 bridgehead atoms. The van der Waals surface area contributed by atoms with Crippen molar-refractivity contribution in [3.8, 4) is 0 Å². The van der Waals surface area contributed by atoms with E-state index in [-0.39, 0.29) is 11.5 Å². The molecule has 1 unspecified atom stereocenters. The minimum absolute atomic E-state index is 0.0511. The van der Waals surface area contributed by atoms with Crippen LogP contribution in [0.1, 0.15) is 27.2 Å². The van der Waals surface area contributed by atoms with E-state index in [1.807, 2.05) is 20.8 Å². The minimum Gasteiger partial charge on any atom is -0.391 e. The Morgan fingerprint density at radius 1 is 1.53 bits per heavy atom. The molecule has 1 atom stereocenters. The van der Waals surface area contributed by atoms with Crippen LogP contribution in [0.15, 0.2) is 11.6 Å². The molecule has 0 aliphatic carbocycles. The Bertz CT molecular complexity index is 218. The van der Waals surface area contributed by atoms with E-state index in [4.69, 9.17) is 4.74 Å². The maximum Gasteiger partial charge on any atom is 0.0712 e. The molecular formula is C12H23NO2. The van der Waals surface area contributed by atoms with Crippen LogP contribution in [-0.4, -0.2) is 37.5 Å². The first-order chi connectivity index (χ1) is 7.00. The Morgan fingerprint density at radius 3 is 2.80 bits per heavy atom. The van der Waals surface area contributed by atoms with Crippen molar-refractivity contribution in [1.82, 2.24) is 5.32 Å². The van der Waals surface area contributed by atoms with Crippen LogP contribution in [-0.2, 0) is 4.74 Å². The van der Waals surface area contributed by atoms with E-state index in [0.717, 1.165) is 26.2 Å². The average Bonchev–Trinajstić information content (AvgIpc) is 2.18. The molecule has 1 rings (SSSR count). The predicted octanol–water partition coefficient (Wildman–Crippen LogP) is 1.33. The number of nitrogens with one attached hydrogen (secondary N) is 1. The zero-order valence-electron chi connectivity index (χ0n) is 10.0. The first-order valence-corrected chi connectivity index (χ1v) is 5.64. The summed E-state index contributed by atoms with van der Waals surface area (Å²) in [5, 5.41) is 13.1. The summed E-state index contributed by atoms with van der Waals surface area (Å²) >= 11 is 0. The van der Waals surface area contributed by atoms with Crippen LogP contribution in [0.3, 0.4) is 0 Å². The summed E-state index contributed by atoms with van der Waals surface area (Å²) in [5.74, 6) is 0. The van der Waals surface area contributed by atoms with Crippen LogP contribution in [0.25, 0.3) is 0 Å². The summed E-state index contributed by atoms with van der Waals surface area (Å²) in [5.41, 5.74) is 1.24. The molecule has 0 saturated carbocycles. The Balaban J connectivity index is 2.18. The number of hydrogen-bond donors (Lipinski definition) is 2. The van der Waals surface area contributed by atoms with Gasteiger partial charge in [0.25, 0.3) is 0 Å². The minimum atomic E-state index is -0.303. The van der Waals surface area contributed by atoms with E-state index in [1.54, 1.807) is 0 Å². The van der Waals surface area contributed by atoms with Gasteiger partial charge >= 0.3 is 0 Å². The molecule has 0 amide bonds. The van der Waals surface area contributed by atoms with Crippen molar-refractivity contribution >= 4 is 0 Å². The van der Waals surface area contributed by atoms with Crippen molar-refractivity contribution in [2.24, 2.45) is 5.41 Å². The van der Waals surface area contributed by atoms with Crippen molar-refractivity contribution in [2.45, 2.75) is 33.3 Å². The molecule has 0 aromatic rings. The zero-order chi connectivity index (χ0) is 11.3. The number of aliphatic hydroxyl groups is 1. The number of rotatable bonds is 4. The van der Waals surface area contributed by atoms with Gasteiger partial charge in [-0.3, -0.25) is 0 Å². The normalized spacial score (nSPS) is 19.9. The Labute approximate surface area is 92.5 Å². The molecule has 0 spiro atoms. The highest BCUT2D eigenvalue weighted by atomic mass is 16.5. The molecule has 0 radical (unpaired) electrons. The first kappa shape index (κ1) is 12.7. The van der Waals surface area contributed by atoms with Gasteiger partial charge in [-0.1, -0.05) is 26.8 Å². The van der Waals surface area contributed by atoms with Crippen molar-refractivity contribution in [2.75, 3.05) is 26.3 Å². The number of hydrogen-bond acceptors (Lipinski definition) is 3. The van der Waals surface area contributed by atoms with E-state index in [1.165, 1.54) is 5.57 Å². The van der Waals surface area contributed by atoms with Gasteiger partial charge in [0, 0.05) is 13.1 Å². The fourth-order valence-electron chi connectivity index (χ4n) is 1.41. The second-order valence-electron chi connectivity index (χ2n) is 5.22. The molecule has 2 N–H and O–H groups in total. The van der Waals surface area contributed by atoms with Gasteiger partial charge in [0.05, 0.1) is 19.3 Å². The van der Waals surface area contributed by atoms with Gasteiger partial charge in [0.2, 0.25) is 0 Å². The van der Waals surface area contributed by atoms with Gasteiger partial charge in [-0.05, 0) is 17.4 Å². The lowest BCUT2D eigenvalue weighted by Gasteiger charge is -2.26. The van der Waals surface area contributed by atoms with Gasteiger partial charge in [-0.25, -0.2) is 0 Å². The van der Waals surface area contributed by atoms with Gasteiger partial charge in [-0.2, -0.15) is 0 Å². The van der Waals surface area contributed by atoms with Crippen LogP contribution in [0.5, 0.6) is 0 Å². The van der Waals surface area contributed by atoms with Crippen molar-refractivity contribution < 1.29 is 9.84 Å². The highest BCUT2D eigenvalue weighted by molar-refractivity contribution is 5.06. The smallest absolute Gasteiger partial charge is 0.0712 e. The predicted molar refractivity (Wildman–Crippen MR) is 61.9 cm³/mol. The van der Waals surface area contributed by atoms with Crippen LogP contribution < -0.4 is 5.32 Å². The fourth-order valence-corrected chi connectivity index (χ4v) is 1.41. The molecule has 0 aromatic heterocycles. The third kappa shape index (κ3) is 4.78. The highest BCUT2D eigenvalue weighted by Crippen LogP contribution is 2.18. The van der Waals surface area contributed by atoms with Gasteiger partial charge in [0.15, 0.2) is 0 Å². The monoisotopic (exact) mass is 213 g/mol. The molecular weight excluding hydrogens is 190 g/mol. The summed E-state index contributed by atoms with van der Waals surface area (Å²) < 4.78 is 5.34. The molecule has 15 heavy (non-hydrogen) atoms. The standard InChI is InChI=1S/C12H23NO2/c1-12(2,3)11(14)8-13-7-10-5-4-6-15-9-10/h5,11,13-14H,4,6-9H2,1-3H3. The lowest BCUT2D eigenvalue weighted by atomic mass is 9.89. The second-order valence-corrected chi connectivity index (χ2v) is 5.22. The topological polar surface area (TPSA) is 41.5 Å². The van der Waals surface area contributed by atoms with E-state index in [0.29, 0.717) is 6.54 Å².